The molecule has 27 heavy (non-hydrogen) atoms. The molecule has 0 aromatic carbocycles. The van der Waals surface area contributed by atoms with Crippen molar-refractivity contribution in [1.82, 2.24) is 0 Å². The van der Waals surface area contributed by atoms with Gasteiger partial charge in [-0.1, -0.05) is 56.9 Å². The Labute approximate surface area is 165 Å². The summed E-state index contributed by atoms with van der Waals surface area (Å²) < 4.78 is 15.7. The van der Waals surface area contributed by atoms with E-state index in [-0.39, 0.29) is 24.5 Å². The zero-order chi connectivity index (χ0) is 21.1. The van der Waals surface area contributed by atoms with Gasteiger partial charge in [-0.2, -0.15) is 0 Å². The molecule has 152 valence electrons. The minimum atomic E-state index is -1.89. The maximum Gasteiger partial charge on any atom is 0.324 e. The third-order valence-corrected chi connectivity index (χ3v) is 9.36. The van der Waals surface area contributed by atoms with Gasteiger partial charge < -0.3 is 13.9 Å². The third kappa shape index (κ3) is 7.35. The Bertz CT molecular complexity index is 599. The van der Waals surface area contributed by atoms with E-state index >= 15 is 0 Å². The van der Waals surface area contributed by atoms with Crippen LogP contribution in [0.5, 0.6) is 0 Å². The van der Waals surface area contributed by atoms with Crippen LogP contribution in [0.4, 0.5) is 0 Å². The molecule has 0 spiro atoms. The van der Waals surface area contributed by atoms with Gasteiger partial charge in [-0.05, 0) is 31.5 Å². The van der Waals surface area contributed by atoms with Crippen molar-refractivity contribution in [2.75, 3.05) is 20.8 Å². The zero-order valence-electron chi connectivity index (χ0n) is 18.0. The van der Waals surface area contributed by atoms with E-state index in [1.165, 1.54) is 14.2 Å². The van der Waals surface area contributed by atoms with Crippen molar-refractivity contribution in [3.8, 4) is 11.8 Å². The molecular formula is C21H34O5Si. The first-order valence-electron chi connectivity index (χ1n) is 9.03. The van der Waals surface area contributed by atoms with E-state index in [0.717, 1.165) is 0 Å². The summed E-state index contributed by atoms with van der Waals surface area (Å²) in [7, 11) is 0.614. The molecule has 5 nitrogen and oxygen atoms in total. The summed E-state index contributed by atoms with van der Waals surface area (Å²) in [6, 6.07) is 0. The molecule has 0 aromatic heterocycles. The van der Waals surface area contributed by atoms with Gasteiger partial charge >= 0.3 is 11.9 Å². The molecule has 0 aliphatic carbocycles. The van der Waals surface area contributed by atoms with Crippen molar-refractivity contribution in [1.29, 1.82) is 0 Å². The van der Waals surface area contributed by atoms with Crippen molar-refractivity contribution in [3.63, 3.8) is 0 Å². The fourth-order valence-electron chi connectivity index (χ4n) is 2.01. The normalized spacial score (nSPS) is 12.7. The van der Waals surface area contributed by atoms with E-state index in [2.05, 4.69) is 45.7 Å². The van der Waals surface area contributed by atoms with Crippen LogP contribution in [-0.2, 0) is 23.5 Å². The summed E-state index contributed by atoms with van der Waals surface area (Å²) in [5, 5.41) is 0.0913. The van der Waals surface area contributed by atoms with Crippen LogP contribution in [0.15, 0.2) is 24.3 Å². The van der Waals surface area contributed by atoms with Crippen LogP contribution in [0.2, 0.25) is 18.1 Å². The number of methoxy groups -OCH3 is 2. The predicted octanol–water partition coefficient (Wildman–Crippen LogP) is 4.26. The molecule has 0 saturated carbocycles. The highest BCUT2D eigenvalue weighted by atomic mass is 28.4. The van der Waals surface area contributed by atoms with Gasteiger partial charge in [-0.25, -0.2) is 0 Å². The molecule has 0 N–H and O–H groups in total. The molecule has 0 saturated heterocycles. The zero-order valence-corrected chi connectivity index (χ0v) is 19.0. The molecule has 0 atom stereocenters. The Morgan fingerprint density at radius 1 is 1.00 bits per heavy atom. The lowest BCUT2D eigenvalue weighted by Gasteiger charge is -2.35. The molecule has 0 aliphatic rings. The van der Waals surface area contributed by atoms with Crippen LogP contribution < -0.4 is 0 Å². The van der Waals surface area contributed by atoms with Gasteiger partial charge in [0, 0.05) is 6.42 Å². The Hall–Kier alpha value is -1.84. The quantitative estimate of drug-likeness (QED) is 0.202. The average Bonchev–Trinajstić information content (AvgIpc) is 2.60. The van der Waals surface area contributed by atoms with Crippen LogP contribution in [0.25, 0.3) is 0 Å². The Balaban J connectivity index is 5.38. The predicted molar refractivity (Wildman–Crippen MR) is 111 cm³/mol. The molecule has 0 amide bonds. The monoisotopic (exact) mass is 394 g/mol. The van der Waals surface area contributed by atoms with Crippen molar-refractivity contribution in [2.45, 2.75) is 58.7 Å². The van der Waals surface area contributed by atoms with Gasteiger partial charge in [0.25, 0.3) is 0 Å². The molecular weight excluding hydrogens is 360 g/mol. The number of allylic oxidation sites excluding steroid dienone is 4. The second-order valence-corrected chi connectivity index (χ2v) is 12.6. The smallest absolute Gasteiger partial charge is 0.324 e. The lowest BCUT2D eigenvalue weighted by atomic mass is 9.81. The van der Waals surface area contributed by atoms with Crippen LogP contribution in [0, 0.1) is 17.3 Å². The van der Waals surface area contributed by atoms with Gasteiger partial charge in [-0.3, -0.25) is 9.59 Å². The first kappa shape index (κ1) is 25.2. The van der Waals surface area contributed by atoms with Crippen LogP contribution in [0.3, 0.4) is 0 Å². The van der Waals surface area contributed by atoms with E-state index in [1.807, 2.05) is 19.1 Å². The third-order valence-electron chi connectivity index (χ3n) is 4.88. The lowest BCUT2D eigenvalue weighted by Crippen LogP contribution is -2.41. The van der Waals surface area contributed by atoms with Crippen LogP contribution in [0.1, 0.15) is 40.5 Å². The molecule has 0 heterocycles. The number of esters is 2. The Kier molecular flexibility index (Phi) is 10.3. The molecule has 0 fully saturated rings. The molecule has 0 rings (SSSR count). The largest absolute Gasteiger partial charge is 0.468 e. The SMILES string of the molecule is C/C=C/C=C/CC(CC#CCO[Si](C)(C)C(C)(C)C)(C(=O)OC)C(=O)OC. The highest BCUT2D eigenvalue weighted by Gasteiger charge is 2.47. The maximum absolute atomic E-state index is 12.4. The first-order chi connectivity index (χ1) is 12.5. The van der Waals surface area contributed by atoms with Gasteiger partial charge in [0.15, 0.2) is 13.7 Å². The van der Waals surface area contributed by atoms with Crippen molar-refractivity contribution >= 4 is 20.3 Å². The van der Waals surface area contributed by atoms with Crippen LogP contribution in [-0.4, -0.2) is 41.1 Å². The average molecular weight is 395 g/mol. The second kappa shape index (κ2) is 11.1. The second-order valence-electron chi connectivity index (χ2n) is 7.80. The summed E-state index contributed by atoms with van der Waals surface area (Å²) >= 11 is 0. The minimum Gasteiger partial charge on any atom is -0.468 e. The standard InChI is InChI=1S/C21H34O5Si/c1-9-10-11-12-15-21(18(22)24-5,19(23)25-6)16-13-14-17-26-27(7,8)20(2,3)4/h9-12H,15-17H2,1-8H3/b10-9+,12-11+. The maximum atomic E-state index is 12.4. The molecule has 6 heteroatoms. The fourth-order valence-corrected chi connectivity index (χ4v) is 2.88. The summed E-state index contributed by atoms with van der Waals surface area (Å²) in [5.41, 5.74) is -1.48. The Morgan fingerprint density at radius 2 is 1.56 bits per heavy atom. The highest BCUT2D eigenvalue weighted by molar-refractivity contribution is 6.74. The van der Waals surface area contributed by atoms with Gasteiger partial charge in [0.2, 0.25) is 0 Å². The minimum absolute atomic E-state index is 0.00733. The number of carbonyl (C=O) groups is 2. The number of rotatable bonds is 8. The van der Waals surface area contributed by atoms with E-state index < -0.39 is 25.7 Å². The topological polar surface area (TPSA) is 61.8 Å². The van der Waals surface area contributed by atoms with E-state index in [4.69, 9.17) is 13.9 Å². The molecule has 0 radical (unpaired) electrons. The highest BCUT2D eigenvalue weighted by Crippen LogP contribution is 2.36. The molecule has 0 aromatic rings. The van der Waals surface area contributed by atoms with Gasteiger partial charge in [-0.15, -0.1) is 0 Å². The van der Waals surface area contributed by atoms with E-state index in [0.29, 0.717) is 0 Å². The summed E-state index contributed by atoms with van der Waals surface area (Å²) in [4.78, 5) is 24.8. The molecule has 0 aliphatic heterocycles. The molecule has 0 unspecified atom stereocenters. The first-order valence-corrected chi connectivity index (χ1v) is 11.9. The van der Waals surface area contributed by atoms with Crippen LogP contribution >= 0.6 is 0 Å². The molecule has 0 bridgehead atoms. The number of ether oxygens (including phenoxy) is 2. The van der Waals surface area contributed by atoms with Crippen molar-refractivity contribution < 1.29 is 23.5 Å². The Morgan fingerprint density at radius 3 is 2.00 bits per heavy atom. The van der Waals surface area contributed by atoms with Crippen molar-refractivity contribution in [3.05, 3.63) is 24.3 Å². The lowest BCUT2D eigenvalue weighted by molar-refractivity contribution is -0.168. The van der Waals surface area contributed by atoms with E-state index in [9.17, 15) is 9.59 Å². The van der Waals surface area contributed by atoms with Crippen molar-refractivity contribution in [2.24, 2.45) is 5.41 Å². The summed E-state index contributed by atoms with van der Waals surface area (Å²) in [6.45, 7) is 12.9. The van der Waals surface area contributed by atoms with E-state index in [1.54, 1.807) is 12.2 Å². The number of hydrogen-bond acceptors (Lipinski definition) is 5. The van der Waals surface area contributed by atoms with Gasteiger partial charge in [0.1, 0.15) is 0 Å². The summed E-state index contributed by atoms with van der Waals surface area (Å²) in [5.74, 6) is 4.55. The number of carbonyl (C=O) groups excluding carboxylic acids is 2. The van der Waals surface area contributed by atoms with Gasteiger partial charge in [0.05, 0.1) is 20.8 Å². The fraction of sp³-hybridized carbons (Fsp3) is 0.619. The number of hydrogen-bond donors (Lipinski definition) is 0. The summed E-state index contributed by atoms with van der Waals surface area (Å²) in [6.07, 6.45) is 7.34.